The summed E-state index contributed by atoms with van der Waals surface area (Å²) in [5, 5.41) is 11.1. The van der Waals surface area contributed by atoms with Gasteiger partial charge in [-0.2, -0.15) is 0 Å². The molecule has 0 saturated heterocycles. The Balaban J connectivity index is 1.97. The summed E-state index contributed by atoms with van der Waals surface area (Å²) in [6.07, 6.45) is 0.589. The number of benzene rings is 3. The number of phenols is 1. The Morgan fingerprint density at radius 3 is 2.40 bits per heavy atom. The standard InChI is InChI=1S/C20H14Cl2O3/c21-18-7-6-14(9-19(18)22)17-10-16(8-15(11-23)20(17)24)25-12-13-4-2-1-3-5-13/h1-11,24H,12H2. The Kier molecular flexibility index (Phi) is 5.27. The zero-order valence-electron chi connectivity index (χ0n) is 13.1. The largest absolute Gasteiger partial charge is 0.507 e. The highest BCUT2D eigenvalue weighted by atomic mass is 35.5. The highest BCUT2D eigenvalue weighted by Crippen LogP contribution is 2.38. The summed E-state index contributed by atoms with van der Waals surface area (Å²) in [7, 11) is 0. The van der Waals surface area contributed by atoms with Gasteiger partial charge in [-0.25, -0.2) is 0 Å². The van der Waals surface area contributed by atoms with Crippen LogP contribution in [0.1, 0.15) is 15.9 Å². The molecule has 0 bridgehead atoms. The summed E-state index contributed by atoms with van der Waals surface area (Å²) in [6, 6.07) is 17.8. The Morgan fingerprint density at radius 2 is 1.72 bits per heavy atom. The molecule has 5 heteroatoms. The van der Waals surface area contributed by atoms with Crippen LogP contribution in [0.2, 0.25) is 10.0 Å². The normalized spacial score (nSPS) is 10.5. The van der Waals surface area contributed by atoms with E-state index in [0.29, 0.717) is 39.8 Å². The third-order valence-electron chi connectivity index (χ3n) is 3.72. The number of phenolic OH excluding ortho intramolecular Hbond substituents is 1. The first-order valence-corrected chi connectivity index (χ1v) is 8.28. The molecule has 0 aromatic heterocycles. The highest BCUT2D eigenvalue weighted by molar-refractivity contribution is 6.42. The molecule has 1 N–H and O–H groups in total. The molecule has 0 atom stereocenters. The minimum Gasteiger partial charge on any atom is -0.507 e. The van der Waals surface area contributed by atoms with Crippen LogP contribution in [0.25, 0.3) is 11.1 Å². The summed E-state index contributed by atoms with van der Waals surface area (Å²) >= 11 is 12.0. The van der Waals surface area contributed by atoms with Crippen LogP contribution in [-0.2, 0) is 6.61 Å². The number of halogens is 2. The molecule has 126 valence electrons. The van der Waals surface area contributed by atoms with Crippen LogP contribution in [0, 0.1) is 0 Å². The lowest BCUT2D eigenvalue weighted by Crippen LogP contribution is -1.97. The van der Waals surface area contributed by atoms with E-state index in [0.717, 1.165) is 5.56 Å². The number of hydrogen-bond donors (Lipinski definition) is 1. The van der Waals surface area contributed by atoms with E-state index in [-0.39, 0.29) is 11.3 Å². The lowest BCUT2D eigenvalue weighted by atomic mass is 10.0. The Hall–Kier alpha value is -2.49. The van der Waals surface area contributed by atoms with Gasteiger partial charge in [0.1, 0.15) is 18.1 Å². The van der Waals surface area contributed by atoms with Gasteiger partial charge in [0.05, 0.1) is 15.6 Å². The Bertz CT molecular complexity index is 908. The molecule has 3 rings (SSSR count). The average Bonchev–Trinajstić information content (AvgIpc) is 2.64. The smallest absolute Gasteiger partial charge is 0.153 e. The minimum absolute atomic E-state index is 0.125. The van der Waals surface area contributed by atoms with E-state index in [1.54, 1.807) is 24.3 Å². The van der Waals surface area contributed by atoms with Gasteiger partial charge in [-0.3, -0.25) is 4.79 Å². The van der Waals surface area contributed by atoms with Crippen molar-refractivity contribution in [2.24, 2.45) is 0 Å². The second-order valence-corrected chi connectivity index (χ2v) is 6.24. The lowest BCUT2D eigenvalue weighted by molar-refractivity contribution is 0.112. The monoisotopic (exact) mass is 372 g/mol. The zero-order valence-corrected chi connectivity index (χ0v) is 14.6. The number of hydrogen-bond acceptors (Lipinski definition) is 3. The molecule has 0 heterocycles. The number of rotatable bonds is 5. The van der Waals surface area contributed by atoms with Gasteiger partial charge in [0.15, 0.2) is 6.29 Å². The fourth-order valence-electron chi connectivity index (χ4n) is 2.43. The van der Waals surface area contributed by atoms with Gasteiger partial charge in [0, 0.05) is 5.56 Å². The number of aldehydes is 1. The molecular formula is C20H14Cl2O3. The third-order valence-corrected chi connectivity index (χ3v) is 4.46. The first-order valence-electron chi connectivity index (χ1n) is 7.53. The quantitative estimate of drug-likeness (QED) is 0.579. The predicted octanol–water partition coefficient (Wildman–Crippen LogP) is 5.76. The van der Waals surface area contributed by atoms with Crippen LogP contribution < -0.4 is 4.74 Å². The molecule has 3 aromatic rings. The number of aromatic hydroxyl groups is 1. The predicted molar refractivity (Wildman–Crippen MR) is 99.7 cm³/mol. The molecule has 0 aliphatic rings. The molecule has 3 aromatic carbocycles. The molecule has 0 aliphatic carbocycles. The summed E-state index contributed by atoms with van der Waals surface area (Å²) in [5.41, 5.74) is 2.23. The van der Waals surface area contributed by atoms with E-state index in [4.69, 9.17) is 27.9 Å². The van der Waals surface area contributed by atoms with Crippen LogP contribution in [0.15, 0.2) is 60.7 Å². The summed E-state index contributed by atoms with van der Waals surface area (Å²) < 4.78 is 5.78. The van der Waals surface area contributed by atoms with Crippen LogP contribution >= 0.6 is 23.2 Å². The van der Waals surface area contributed by atoms with E-state index in [2.05, 4.69) is 0 Å². The van der Waals surface area contributed by atoms with E-state index in [1.807, 2.05) is 30.3 Å². The van der Waals surface area contributed by atoms with E-state index >= 15 is 0 Å². The van der Waals surface area contributed by atoms with Crippen molar-refractivity contribution in [1.29, 1.82) is 0 Å². The van der Waals surface area contributed by atoms with Gasteiger partial charge in [-0.05, 0) is 35.4 Å². The molecule has 0 spiro atoms. The minimum atomic E-state index is -0.125. The molecule has 0 radical (unpaired) electrons. The Labute approximate surface area is 155 Å². The van der Waals surface area contributed by atoms with E-state index in [9.17, 15) is 9.90 Å². The topological polar surface area (TPSA) is 46.5 Å². The second kappa shape index (κ2) is 7.60. The maximum Gasteiger partial charge on any atom is 0.153 e. The second-order valence-electron chi connectivity index (χ2n) is 5.43. The molecule has 0 saturated carbocycles. The van der Waals surface area contributed by atoms with Gasteiger partial charge in [-0.1, -0.05) is 59.6 Å². The molecule has 0 unspecified atom stereocenters. The molecule has 3 nitrogen and oxygen atoms in total. The lowest BCUT2D eigenvalue weighted by Gasteiger charge is -2.12. The maximum atomic E-state index is 11.3. The van der Waals surface area contributed by atoms with Crippen molar-refractivity contribution in [2.75, 3.05) is 0 Å². The van der Waals surface area contributed by atoms with Crippen LogP contribution in [0.5, 0.6) is 11.5 Å². The third kappa shape index (κ3) is 3.95. The summed E-state index contributed by atoms with van der Waals surface area (Å²) in [6.45, 7) is 0.352. The Morgan fingerprint density at radius 1 is 0.960 bits per heavy atom. The van der Waals surface area contributed by atoms with Crippen molar-refractivity contribution < 1.29 is 14.6 Å². The fraction of sp³-hybridized carbons (Fsp3) is 0.0500. The summed E-state index contributed by atoms with van der Waals surface area (Å²) in [4.78, 5) is 11.3. The zero-order chi connectivity index (χ0) is 17.8. The van der Waals surface area contributed by atoms with Gasteiger partial charge in [0.2, 0.25) is 0 Å². The molecule has 0 amide bonds. The molecule has 0 aliphatic heterocycles. The first kappa shape index (κ1) is 17.3. The van der Waals surface area contributed by atoms with Gasteiger partial charge in [-0.15, -0.1) is 0 Å². The number of carbonyl (C=O) groups is 1. The van der Waals surface area contributed by atoms with Crippen molar-refractivity contribution in [3.8, 4) is 22.6 Å². The van der Waals surface area contributed by atoms with Gasteiger partial charge in [0.25, 0.3) is 0 Å². The highest BCUT2D eigenvalue weighted by Gasteiger charge is 2.13. The van der Waals surface area contributed by atoms with Crippen LogP contribution in [0.4, 0.5) is 0 Å². The maximum absolute atomic E-state index is 11.3. The number of ether oxygens (including phenoxy) is 1. The molecular weight excluding hydrogens is 359 g/mol. The van der Waals surface area contributed by atoms with Crippen molar-refractivity contribution in [1.82, 2.24) is 0 Å². The van der Waals surface area contributed by atoms with E-state index < -0.39 is 0 Å². The van der Waals surface area contributed by atoms with Crippen LogP contribution in [-0.4, -0.2) is 11.4 Å². The number of carbonyl (C=O) groups excluding carboxylic acids is 1. The van der Waals surface area contributed by atoms with Crippen LogP contribution in [0.3, 0.4) is 0 Å². The summed E-state index contributed by atoms with van der Waals surface area (Å²) in [5.74, 6) is 0.352. The molecule has 0 fully saturated rings. The van der Waals surface area contributed by atoms with Crippen molar-refractivity contribution >= 4 is 29.5 Å². The average molecular weight is 373 g/mol. The fourth-order valence-corrected chi connectivity index (χ4v) is 2.73. The van der Waals surface area contributed by atoms with E-state index in [1.165, 1.54) is 6.07 Å². The van der Waals surface area contributed by atoms with Gasteiger partial charge >= 0.3 is 0 Å². The van der Waals surface area contributed by atoms with Crippen molar-refractivity contribution in [3.63, 3.8) is 0 Å². The van der Waals surface area contributed by atoms with Gasteiger partial charge < -0.3 is 9.84 Å². The van der Waals surface area contributed by atoms with Crippen molar-refractivity contribution in [3.05, 3.63) is 81.8 Å². The molecule has 25 heavy (non-hydrogen) atoms. The SMILES string of the molecule is O=Cc1cc(OCc2ccccc2)cc(-c2ccc(Cl)c(Cl)c2)c1O. The van der Waals surface area contributed by atoms with Crippen molar-refractivity contribution in [2.45, 2.75) is 6.61 Å². The first-order chi connectivity index (χ1) is 12.1.